The van der Waals surface area contributed by atoms with Gasteiger partial charge in [-0.25, -0.2) is 15.0 Å². The summed E-state index contributed by atoms with van der Waals surface area (Å²) in [5.41, 5.74) is 1.49. The van der Waals surface area contributed by atoms with Crippen molar-refractivity contribution in [3.8, 4) is 0 Å². The van der Waals surface area contributed by atoms with Crippen molar-refractivity contribution >= 4 is 45.6 Å². The summed E-state index contributed by atoms with van der Waals surface area (Å²) >= 11 is 6.43. The summed E-state index contributed by atoms with van der Waals surface area (Å²) in [5, 5.41) is 8.04. The van der Waals surface area contributed by atoms with Crippen LogP contribution in [0.15, 0.2) is 53.7 Å². The number of hydrogen-bond donors (Lipinski definition) is 2. The number of rotatable bonds is 6. The van der Waals surface area contributed by atoms with E-state index >= 15 is 0 Å². The Bertz CT molecular complexity index is 1450. The van der Waals surface area contributed by atoms with E-state index < -0.39 is 5.54 Å². The van der Waals surface area contributed by atoms with Crippen LogP contribution in [0.1, 0.15) is 19.7 Å². The van der Waals surface area contributed by atoms with Gasteiger partial charge >= 0.3 is 0 Å². The van der Waals surface area contributed by atoms with E-state index in [0.29, 0.717) is 41.5 Å². The van der Waals surface area contributed by atoms with Gasteiger partial charge in [0.05, 0.1) is 30.5 Å². The molecule has 1 saturated heterocycles. The Morgan fingerprint density at radius 2 is 1.83 bits per heavy atom. The number of nitrogens with one attached hydrogen (secondary N) is 2. The summed E-state index contributed by atoms with van der Waals surface area (Å²) in [4.78, 5) is 32.6. The van der Waals surface area contributed by atoms with E-state index in [4.69, 9.17) is 16.3 Å². The molecule has 0 bridgehead atoms. The molecule has 0 radical (unpaired) electrons. The van der Waals surface area contributed by atoms with Crippen molar-refractivity contribution in [2.45, 2.75) is 19.4 Å². The monoisotopic (exact) mass is 506 g/mol. The number of benzene rings is 1. The third-order valence-electron chi connectivity index (χ3n) is 6.11. The number of pyridine rings is 1. The number of aryl methyl sites for hydroxylation is 1. The molecule has 0 aliphatic carbocycles. The van der Waals surface area contributed by atoms with Crippen LogP contribution in [-0.2, 0) is 17.3 Å². The fraction of sp³-hybridized carbons (Fsp3) is 0.320. The van der Waals surface area contributed by atoms with Crippen LogP contribution >= 0.6 is 11.6 Å². The second-order valence-electron chi connectivity index (χ2n) is 9.10. The average Bonchev–Trinajstić information content (AvgIpc) is 2.89. The minimum Gasteiger partial charge on any atom is -0.378 e. The maximum absolute atomic E-state index is 12.7. The minimum absolute atomic E-state index is 0.121. The van der Waals surface area contributed by atoms with Crippen molar-refractivity contribution in [3.63, 3.8) is 0 Å². The van der Waals surface area contributed by atoms with Gasteiger partial charge in [0, 0.05) is 55.4 Å². The third kappa shape index (κ3) is 4.82. The number of fused-ring (bicyclic) bond motifs is 1. The molecule has 1 aliphatic heterocycles. The molecule has 1 aromatic carbocycles. The highest BCUT2D eigenvalue weighted by molar-refractivity contribution is 6.32. The predicted octanol–water partition coefficient (Wildman–Crippen LogP) is 3.70. The van der Waals surface area contributed by atoms with Gasteiger partial charge in [-0.1, -0.05) is 11.6 Å². The van der Waals surface area contributed by atoms with Gasteiger partial charge in [0.15, 0.2) is 11.6 Å². The highest BCUT2D eigenvalue weighted by atomic mass is 35.5. The number of nitrogens with zero attached hydrogens (tertiary/aromatic N) is 6. The lowest BCUT2D eigenvalue weighted by molar-refractivity contribution is 0.122. The predicted molar refractivity (Wildman–Crippen MR) is 141 cm³/mol. The van der Waals surface area contributed by atoms with E-state index in [9.17, 15) is 4.79 Å². The molecule has 1 fully saturated rings. The molecule has 0 spiro atoms. The number of hydrogen-bond acceptors (Lipinski definition) is 9. The standard InChI is InChI=1S/C25H27ClN8O2/c1-25(2,23-27-7-4-8-28-23)32-19-14-21(35)33(3)20-6-5-16(13-17(19)20)30-22-18(26)15-29-24(31-22)34-9-11-36-12-10-34/h4-8,13-15,32H,9-12H2,1-3H3,(H,29,30,31). The van der Waals surface area contributed by atoms with E-state index in [1.165, 1.54) is 0 Å². The van der Waals surface area contributed by atoms with Gasteiger partial charge in [-0.3, -0.25) is 4.79 Å². The quantitative estimate of drug-likeness (QED) is 0.404. The first-order valence-corrected chi connectivity index (χ1v) is 12.0. The minimum atomic E-state index is -0.618. The normalized spacial score (nSPS) is 14.2. The molecule has 1 aliphatic rings. The summed E-state index contributed by atoms with van der Waals surface area (Å²) in [7, 11) is 1.75. The molecule has 10 nitrogen and oxygen atoms in total. The van der Waals surface area contributed by atoms with E-state index in [-0.39, 0.29) is 5.56 Å². The topological polar surface area (TPSA) is 110 Å². The Balaban J connectivity index is 1.51. The zero-order valence-electron chi connectivity index (χ0n) is 20.3. The molecule has 4 aromatic rings. The van der Waals surface area contributed by atoms with Gasteiger partial charge in [-0.15, -0.1) is 0 Å². The lowest BCUT2D eigenvalue weighted by atomic mass is 10.0. The first-order valence-electron chi connectivity index (χ1n) is 11.6. The average molecular weight is 507 g/mol. The van der Waals surface area contributed by atoms with E-state index in [1.54, 1.807) is 42.3 Å². The molecule has 4 heterocycles. The summed E-state index contributed by atoms with van der Waals surface area (Å²) in [5.74, 6) is 1.72. The van der Waals surface area contributed by atoms with Crippen LogP contribution in [-0.4, -0.2) is 50.8 Å². The molecule has 2 N–H and O–H groups in total. The lowest BCUT2D eigenvalue weighted by Gasteiger charge is -2.27. The number of halogens is 1. The molecular weight excluding hydrogens is 480 g/mol. The molecule has 0 saturated carbocycles. The molecule has 0 unspecified atom stereocenters. The van der Waals surface area contributed by atoms with Gasteiger partial charge in [0.2, 0.25) is 5.95 Å². The van der Waals surface area contributed by atoms with Gasteiger partial charge < -0.3 is 24.8 Å². The second-order valence-corrected chi connectivity index (χ2v) is 9.51. The first-order chi connectivity index (χ1) is 17.3. The van der Waals surface area contributed by atoms with Crippen LogP contribution in [0.2, 0.25) is 5.02 Å². The lowest BCUT2D eigenvalue weighted by Crippen LogP contribution is -2.37. The van der Waals surface area contributed by atoms with Crippen LogP contribution in [0.5, 0.6) is 0 Å². The molecule has 0 amide bonds. The van der Waals surface area contributed by atoms with Crippen LogP contribution in [0.4, 0.5) is 23.1 Å². The summed E-state index contributed by atoms with van der Waals surface area (Å²) in [6.45, 7) is 6.67. The second kappa shape index (κ2) is 9.71. The Kier molecular flexibility index (Phi) is 6.46. The van der Waals surface area contributed by atoms with Crippen molar-refractivity contribution in [1.29, 1.82) is 0 Å². The molecular formula is C25H27ClN8O2. The molecule has 3 aromatic heterocycles. The van der Waals surface area contributed by atoms with E-state index in [1.807, 2.05) is 32.0 Å². The third-order valence-corrected chi connectivity index (χ3v) is 6.38. The highest BCUT2D eigenvalue weighted by Crippen LogP contribution is 2.32. The largest absolute Gasteiger partial charge is 0.378 e. The van der Waals surface area contributed by atoms with Crippen molar-refractivity contribution in [1.82, 2.24) is 24.5 Å². The van der Waals surface area contributed by atoms with Crippen molar-refractivity contribution in [2.75, 3.05) is 41.8 Å². The van der Waals surface area contributed by atoms with Gasteiger partial charge in [-0.2, -0.15) is 4.98 Å². The van der Waals surface area contributed by atoms with Crippen molar-refractivity contribution in [2.24, 2.45) is 7.05 Å². The van der Waals surface area contributed by atoms with Crippen LogP contribution in [0.25, 0.3) is 10.9 Å². The van der Waals surface area contributed by atoms with Crippen LogP contribution in [0.3, 0.4) is 0 Å². The first kappa shape index (κ1) is 24.0. The van der Waals surface area contributed by atoms with E-state index in [0.717, 1.165) is 29.7 Å². The molecule has 186 valence electrons. The van der Waals surface area contributed by atoms with Gasteiger partial charge in [-0.05, 0) is 38.1 Å². The maximum atomic E-state index is 12.7. The maximum Gasteiger partial charge on any atom is 0.252 e. The zero-order chi connectivity index (χ0) is 25.3. The zero-order valence-corrected chi connectivity index (χ0v) is 21.1. The highest BCUT2D eigenvalue weighted by Gasteiger charge is 2.25. The molecule has 5 rings (SSSR count). The Hall–Kier alpha value is -3.76. The summed E-state index contributed by atoms with van der Waals surface area (Å²) < 4.78 is 7.04. The fourth-order valence-electron chi connectivity index (χ4n) is 4.15. The van der Waals surface area contributed by atoms with Gasteiger partial charge in [0.25, 0.3) is 5.56 Å². The number of anilines is 4. The van der Waals surface area contributed by atoms with Crippen LogP contribution in [0, 0.1) is 0 Å². The van der Waals surface area contributed by atoms with Crippen molar-refractivity contribution < 1.29 is 4.74 Å². The smallest absolute Gasteiger partial charge is 0.252 e. The van der Waals surface area contributed by atoms with E-state index in [2.05, 4.69) is 35.5 Å². The summed E-state index contributed by atoms with van der Waals surface area (Å²) in [6, 6.07) is 9.11. The SMILES string of the molecule is Cn1c(=O)cc(NC(C)(C)c2ncccn2)c2cc(Nc3nc(N4CCOCC4)ncc3Cl)ccc21. The number of ether oxygens (including phenoxy) is 1. The van der Waals surface area contributed by atoms with Crippen LogP contribution < -0.4 is 21.1 Å². The Morgan fingerprint density at radius 3 is 2.58 bits per heavy atom. The molecule has 11 heteroatoms. The summed E-state index contributed by atoms with van der Waals surface area (Å²) in [6.07, 6.45) is 5.00. The fourth-order valence-corrected chi connectivity index (χ4v) is 4.29. The number of morpholine rings is 1. The Labute approximate surface area is 213 Å². The van der Waals surface area contributed by atoms with Gasteiger partial charge in [0.1, 0.15) is 5.02 Å². The Morgan fingerprint density at radius 1 is 1.08 bits per heavy atom. The molecule has 36 heavy (non-hydrogen) atoms. The molecule has 0 atom stereocenters. The van der Waals surface area contributed by atoms with Crippen molar-refractivity contribution in [3.05, 3.63) is 70.1 Å². The number of aromatic nitrogens is 5.